The van der Waals surface area contributed by atoms with Crippen LogP contribution in [0.25, 0.3) is 22.1 Å². The van der Waals surface area contributed by atoms with Gasteiger partial charge in [-0.05, 0) is 101 Å². The van der Waals surface area contributed by atoms with Crippen LogP contribution < -0.4 is 0 Å². The van der Waals surface area contributed by atoms with Crippen molar-refractivity contribution in [3.05, 3.63) is 59.2 Å². The van der Waals surface area contributed by atoms with Crippen molar-refractivity contribution in [2.45, 2.75) is 169 Å². The fourth-order valence-corrected chi connectivity index (χ4v) is 9.03. The first kappa shape index (κ1) is 40.9. The van der Waals surface area contributed by atoms with Crippen LogP contribution in [0.2, 0.25) is 0 Å². The maximum absolute atomic E-state index is 13.2. The van der Waals surface area contributed by atoms with Crippen molar-refractivity contribution in [3.63, 3.8) is 0 Å². The van der Waals surface area contributed by atoms with Crippen LogP contribution in [0.1, 0.15) is 165 Å². The molecule has 0 bridgehead atoms. The molecule has 300 valence electrons. The van der Waals surface area contributed by atoms with E-state index in [1.807, 2.05) is 36.9 Å². The van der Waals surface area contributed by atoms with E-state index >= 15 is 0 Å². The number of carboxylic acids is 1. The van der Waals surface area contributed by atoms with Gasteiger partial charge in [-0.2, -0.15) is 0 Å². The molecule has 3 heterocycles. The summed E-state index contributed by atoms with van der Waals surface area (Å²) in [6.07, 6.45) is 15.5. The first-order valence-electron chi connectivity index (χ1n) is 21.4. The average molecular weight is 754 g/mol. The molecule has 4 aromatic rings. The highest BCUT2D eigenvalue weighted by Gasteiger charge is 2.31. The molecule has 9 nitrogen and oxygen atoms in total. The van der Waals surface area contributed by atoms with Crippen molar-refractivity contribution in [1.82, 2.24) is 24.0 Å². The fraction of sp³-hybridized carbons (Fsp3) is 0.652. The minimum absolute atomic E-state index is 0.00688. The first-order valence-corrected chi connectivity index (χ1v) is 21.4. The summed E-state index contributed by atoms with van der Waals surface area (Å²) in [5.74, 6) is 2.89. The van der Waals surface area contributed by atoms with Gasteiger partial charge in [0.05, 0.1) is 39.8 Å². The second-order valence-electron chi connectivity index (χ2n) is 18.3. The Bertz CT molecular complexity index is 1930. The van der Waals surface area contributed by atoms with E-state index in [2.05, 4.69) is 56.7 Å². The summed E-state index contributed by atoms with van der Waals surface area (Å²) >= 11 is 0. The standard InChI is InChI=1S/C26H39N3O2.C20H28N2O2/c1-6-26(4,5)25-27-22-14-21(24(30)28-15-18(2)31-19(3)16-28)12-13-23(22)29(25)17-20-10-8-7-9-11-20;1-4-20(2,3)19-21-16-12-15(18(23)24)10-11-17(16)22(19)13-14-8-6-5-7-9-14/h12-14,18-20H,6-11,15-17H2,1-5H3;10-12,14H,4-9,13H2,1-3H3,(H,23,24)/t18-,19+;. The van der Waals surface area contributed by atoms with Crippen LogP contribution in [0.4, 0.5) is 0 Å². The molecule has 9 heteroatoms. The van der Waals surface area contributed by atoms with Crippen molar-refractivity contribution in [2.24, 2.45) is 11.8 Å². The highest BCUT2D eigenvalue weighted by Crippen LogP contribution is 2.35. The number of hydrogen-bond donors (Lipinski definition) is 1. The van der Waals surface area contributed by atoms with E-state index in [1.165, 1.54) is 69.7 Å². The van der Waals surface area contributed by atoms with E-state index in [1.54, 1.807) is 12.1 Å². The topological polar surface area (TPSA) is 102 Å². The Kier molecular flexibility index (Phi) is 12.8. The van der Waals surface area contributed by atoms with Gasteiger partial charge in [0.2, 0.25) is 0 Å². The zero-order valence-corrected chi connectivity index (χ0v) is 35.0. The molecule has 7 rings (SSSR count). The molecular formula is C46H67N5O4. The Hall–Kier alpha value is -3.72. The number of fused-ring (bicyclic) bond motifs is 2. The van der Waals surface area contributed by atoms with E-state index in [0.717, 1.165) is 65.6 Å². The number of carbonyl (C=O) groups is 2. The lowest BCUT2D eigenvalue weighted by molar-refractivity contribution is -0.0586. The maximum atomic E-state index is 13.2. The van der Waals surface area contributed by atoms with Gasteiger partial charge < -0.3 is 23.9 Å². The summed E-state index contributed by atoms with van der Waals surface area (Å²) in [5.41, 5.74) is 5.03. The number of ether oxygens (including phenoxy) is 1. The van der Waals surface area contributed by atoms with Crippen LogP contribution in [0, 0.1) is 11.8 Å². The maximum Gasteiger partial charge on any atom is 0.335 e. The summed E-state index contributed by atoms with van der Waals surface area (Å²) in [7, 11) is 0. The molecule has 1 saturated heterocycles. The molecule has 3 aliphatic rings. The number of amides is 1. The lowest BCUT2D eigenvalue weighted by atomic mass is 9.87. The molecule has 55 heavy (non-hydrogen) atoms. The van der Waals surface area contributed by atoms with Crippen LogP contribution in [-0.4, -0.2) is 66.3 Å². The van der Waals surface area contributed by atoms with Crippen LogP contribution in [0.5, 0.6) is 0 Å². The molecule has 3 fully saturated rings. The van der Waals surface area contributed by atoms with E-state index < -0.39 is 5.97 Å². The highest BCUT2D eigenvalue weighted by molar-refractivity contribution is 5.97. The zero-order chi connectivity index (χ0) is 39.5. The molecule has 2 aromatic carbocycles. The Morgan fingerprint density at radius 2 is 1.11 bits per heavy atom. The van der Waals surface area contributed by atoms with E-state index in [0.29, 0.717) is 24.6 Å². The fourth-order valence-electron chi connectivity index (χ4n) is 9.03. The molecule has 1 amide bonds. The number of morpholine rings is 1. The second-order valence-corrected chi connectivity index (χ2v) is 18.3. The highest BCUT2D eigenvalue weighted by atomic mass is 16.5. The number of imidazole rings is 2. The normalized spacial score (nSPS) is 20.5. The monoisotopic (exact) mass is 754 g/mol. The van der Waals surface area contributed by atoms with Gasteiger partial charge in [-0.25, -0.2) is 14.8 Å². The molecule has 2 aliphatic carbocycles. The van der Waals surface area contributed by atoms with Crippen LogP contribution in [-0.2, 0) is 28.7 Å². The molecule has 0 unspecified atom stereocenters. The van der Waals surface area contributed by atoms with Gasteiger partial charge in [-0.1, -0.05) is 80.1 Å². The Morgan fingerprint density at radius 3 is 1.53 bits per heavy atom. The van der Waals surface area contributed by atoms with Crippen LogP contribution >= 0.6 is 0 Å². The number of benzene rings is 2. The summed E-state index contributed by atoms with van der Waals surface area (Å²) < 4.78 is 10.6. The van der Waals surface area contributed by atoms with Crippen molar-refractivity contribution >= 4 is 33.9 Å². The lowest BCUT2D eigenvalue weighted by Gasteiger charge is -2.35. The Morgan fingerprint density at radius 1 is 0.691 bits per heavy atom. The summed E-state index contributed by atoms with van der Waals surface area (Å²) in [5, 5.41) is 9.25. The SMILES string of the molecule is CCC(C)(C)c1nc2cc(C(=O)N3C[C@@H](C)O[C@@H](C)C3)ccc2n1CC1CCCCC1.CCC(C)(C)c1nc2cc(C(=O)O)ccc2n1CC1CCCCC1. The van der Waals surface area contributed by atoms with Gasteiger partial charge in [0, 0.05) is 42.6 Å². The number of carboxylic acid groups (broad SMARTS) is 1. The van der Waals surface area contributed by atoms with Crippen molar-refractivity contribution < 1.29 is 19.4 Å². The predicted molar refractivity (Wildman–Crippen MR) is 222 cm³/mol. The lowest BCUT2D eigenvalue weighted by Crippen LogP contribution is -2.48. The molecule has 0 radical (unpaired) electrons. The third-order valence-corrected chi connectivity index (χ3v) is 13.0. The third kappa shape index (κ3) is 9.30. The molecular weight excluding hydrogens is 687 g/mol. The van der Waals surface area contributed by atoms with Crippen molar-refractivity contribution in [3.8, 4) is 0 Å². The third-order valence-electron chi connectivity index (χ3n) is 13.0. The predicted octanol–water partition coefficient (Wildman–Crippen LogP) is 10.6. The van der Waals surface area contributed by atoms with Crippen molar-refractivity contribution in [1.29, 1.82) is 0 Å². The van der Waals surface area contributed by atoms with Gasteiger partial charge in [0.1, 0.15) is 11.6 Å². The number of rotatable bonds is 10. The summed E-state index contributed by atoms with van der Waals surface area (Å²) in [4.78, 5) is 36.4. The van der Waals surface area contributed by atoms with Gasteiger partial charge in [0.15, 0.2) is 0 Å². The minimum atomic E-state index is -0.893. The quantitative estimate of drug-likeness (QED) is 0.173. The van der Waals surface area contributed by atoms with E-state index in [9.17, 15) is 14.7 Å². The van der Waals surface area contributed by atoms with Crippen LogP contribution in [0.15, 0.2) is 36.4 Å². The molecule has 0 spiro atoms. The molecule has 1 N–H and O–H groups in total. The number of hydrogen-bond acceptors (Lipinski definition) is 5. The second kappa shape index (κ2) is 17.2. The summed E-state index contributed by atoms with van der Waals surface area (Å²) in [6.45, 7) is 20.8. The van der Waals surface area contributed by atoms with Gasteiger partial charge in [-0.3, -0.25) is 4.79 Å². The smallest absolute Gasteiger partial charge is 0.335 e. The first-order chi connectivity index (χ1) is 26.2. The Balaban J connectivity index is 0.000000193. The average Bonchev–Trinajstić information content (AvgIpc) is 3.73. The number of nitrogens with zero attached hydrogens (tertiary/aromatic N) is 5. The van der Waals surface area contributed by atoms with E-state index in [4.69, 9.17) is 14.7 Å². The number of aromatic nitrogens is 4. The van der Waals surface area contributed by atoms with Gasteiger partial charge >= 0.3 is 5.97 Å². The number of carbonyl (C=O) groups excluding carboxylic acids is 1. The zero-order valence-electron chi connectivity index (χ0n) is 35.0. The van der Waals surface area contributed by atoms with E-state index in [-0.39, 0.29) is 28.9 Å². The Labute approximate surface area is 329 Å². The molecule has 2 atom stereocenters. The van der Waals surface area contributed by atoms with Crippen molar-refractivity contribution in [2.75, 3.05) is 13.1 Å². The minimum Gasteiger partial charge on any atom is -0.478 e. The molecule has 2 saturated carbocycles. The largest absolute Gasteiger partial charge is 0.478 e. The van der Waals surface area contributed by atoms with Gasteiger partial charge in [0.25, 0.3) is 5.91 Å². The summed E-state index contributed by atoms with van der Waals surface area (Å²) in [6, 6.07) is 11.5. The van der Waals surface area contributed by atoms with Gasteiger partial charge in [-0.15, -0.1) is 0 Å². The van der Waals surface area contributed by atoms with Crippen LogP contribution in [0.3, 0.4) is 0 Å². The molecule has 1 aliphatic heterocycles. The number of aromatic carboxylic acids is 1. The molecule has 2 aromatic heterocycles.